The SMILES string of the molecule is CC(C)(CCC(=O)O)NC(=O)c1ccc(=O)oc1. The molecule has 0 saturated heterocycles. The van der Waals surface area contributed by atoms with Crippen LogP contribution in [0.4, 0.5) is 0 Å². The van der Waals surface area contributed by atoms with Gasteiger partial charge >= 0.3 is 11.6 Å². The van der Waals surface area contributed by atoms with Gasteiger partial charge in [0.1, 0.15) is 6.26 Å². The molecule has 98 valence electrons. The van der Waals surface area contributed by atoms with E-state index in [1.807, 2.05) is 0 Å². The topological polar surface area (TPSA) is 96.6 Å². The first-order chi connectivity index (χ1) is 8.30. The molecule has 1 amide bonds. The van der Waals surface area contributed by atoms with Gasteiger partial charge in [-0.2, -0.15) is 0 Å². The second-order valence-electron chi connectivity index (χ2n) is 4.58. The zero-order valence-corrected chi connectivity index (χ0v) is 10.2. The fourth-order valence-corrected chi connectivity index (χ4v) is 1.35. The summed E-state index contributed by atoms with van der Waals surface area (Å²) in [7, 11) is 0. The minimum absolute atomic E-state index is 0.0306. The van der Waals surface area contributed by atoms with Crippen molar-refractivity contribution in [3.63, 3.8) is 0 Å². The molecule has 1 rings (SSSR count). The van der Waals surface area contributed by atoms with Gasteiger partial charge < -0.3 is 14.8 Å². The number of nitrogens with one attached hydrogen (secondary N) is 1. The number of hydrogen-bond donors (Lipinski definition) is 2. The highest BCUT2D eigenvalue weighted by molar-refractivity contribution is 5.94. The fraction of sp³-hybridized carbons (Fsp3) is 0.417. The fourth-order valence-electron chi connectivity index (χ4n) is 1.35. The first-order valence-electron chi connectivity index (χ1n) is 5.43. The minimum atomic E-state index is -0.914. The van der Waals surface area contributed by atoms with E-state index in [1.54, 1.807) is 13.8 Å². The molecule has 0 radical (unpaired) electrons. The van der Waals surface area contributed by atoms with E-state index in [0.29, 0.717) is 6.42 Å². The molecule has 1 heterocycles. The number of carbonyl (C=O) groups excluding carboxylic acids is 1. The maximum atomic E-state index is 11.8. The van der Waals surface area contributed by atoms with Gasteiger partial charge in [0.2, 0.25) is 0 Å². The summed E-state index contributed by atoms with van der Waals surface area (Å²) >= 11 is 0. The molecule has 0 bridgehead atoms. The number of amides is 1. The Morgan fingerprint density at radius 1 is 1.39 bits per heavy atom. The Balaban J connectivity index is 2.66. The van der Waals surface area contributed by atoms with E-state index in [2.05, 4.69) is 9.73 Å². The molecule has 0 aromatic carbocycles. The first kappa shape index (κ1) is 14.0. The number of hydrogen-bond acceptors (Lipinski definition) is 4. The normalized spacial score (nSPS) is 11.0. The van der Waals surface area contributed by atoms with Crippen molar-refractivity contribution in [1.82, 2.24) is 5.32 Å². The summed E-state index contributed by atoms with van der Waals surface area (Å²) in [5.41, 5.74) is -0.958. The van der Waals surface area contributed by atoms with Gasteiger partial charge in [0, 0.05) is 18.0 Å². The lowest BCUT2D eigenvalue weighted by molar-refractivity contribution is -0.137. The van der Waals surface area contributed by atoms with E-state index < -0.39 is 23.0 Å². The van der Waals surface area contributed by atoms with E-state index in [4.69, 9.17) is 5.11 Å². The van der Waals surface area contributed by atoms with Crippen molar-refractivity contribution in [2.24, 2.45) is 0 Å². The highest BCUT2D eigenvalue weighted by Gasteiger charge is 2.22. The van der Waals surface area contributed by atoms with Gasteiger partial charge in [-0.05, 0) is 26.3 Å². The molecule has 18 heavy (non-hydrogen) atoms. The van der Waals surface area contributed by atoms with Crippen molar-refractivity contribution in [3.05, 3.63) is 34.4 Å². The van der Waals surface area contributed by atoms with Crippen LogP contribution in [0.3, 0.4) is 0 Å². The molecule has 2 N–H and O–H groups in total. The molecule has 0 aliphatic rings. The van der Waals surface area contributed by atoms with Gasteiger partial charge in [0.15, 0.2) is 0 Å². The molecule has 0 fully saturated rings. The van der Waals surface area contributed by atoms with Gasteiger partial charge in [-0.15, -0.1) is 0 Å². The Kier molecular flexibility index (Phi) is 4.25. The highest BCUT2D eigenvalue weighted by Crippen LogP contribution is 2.12. The molecule has 1 aromatic rings. The van der Waals surface area contributed by atoms with Crippen molar-refractivity contribution < 1.29 is 19.1 Å². The molecule has 0 unspecified atom stereocenters. The number of carbonyl (C=O) groups is 2. The highest BCUT2D eigenvalue weighted by atomic mass is 16.4. The van der Waals surface area contributed by atoms with Crippen molar-refractivity contribution in [3.8, 4) is 0 Å². The van der Waals surface area contributed by atoms with Crippen LogP contribution >= 0.6 is 0 Å². The lowest BCUT2D eigenvalue weighted by Gasteiger charge is -2.25. The average Bonchev–Trinajstić information content (AvgIpc) is 2.27. The number of carboxylic acid groups (broad SMARTS) is 1. The number of carboxylic acids is 1. The molecule has 0 atom stereocenters. The van der Waals surface area contributed by atoms with Gasteiger partial charge in [0.25, 0.3) is 5.91 Å². The van der Waals surface area contributed by atoms with E-state index in [9.17, 15) is 14.4 Å². The summed E-state index contributed by atoms with van der Waals surface area (Å²) in [6, 6.07) is 2.51. The summed E-state index contributed by atoms with van der Waals surface area (Å²) in [5, 5.41) is 11.3. The Labute approximate surface area is 104 Å². The van der Waals surface area contributed by atoms with Crippen LogP contribution in [-0.2, 0) is 4.79 Å². The maximum absolute atomic E-state index is 11.8. The monoisotopic (exact) mass is 253 g/mol. The molecule has 0 spiro atoms. The van der Waals surface area contributed by atoms with Crippen molar-refractivity contribution in [2.45, 2.75) is 32.2 Å². The van der Waals surface area contributed by atoms with Crippen LogP contribution in [0.5, 0.6) is 0 Å². The van der Waals surface area contributed by atoms with Gasteiger partial charge in [0.05, 0.1) is 5.56 Å². The Hall–Kier alpha value is -2.11. The van der Waals surface area contributed by atoms with Gasteiger partial charge in [-0.1, -0.05) is 0 Å². The minimum Gasteiger partial charge on any atom is -0.481 e. The summed E-state index contributed by atoms with van der Waals surface area (Å²) < 4.78 is 4.58. The lowest BCUT2D eigenvalue weighted by atomic mass is 9.98. The predicted molar refractivity (Wildman–Crippen MR) is 63.4 cm³/mol. The summed E-state index contributed by atoms with van der Waals surface area (Å²) in [5.74, 6) is -1.32. The molecule has 6 heteroatoms. The predicted octanol–water partition coefficient (Wildman–Crippen LogP) is 1.01. The molecule has 1 aromatic heterocycles. The van der Waals surface area contributed by atoms with E-state index in [0.717, 1.165) is 12.3 Å². The van der Waals surface area contributed by atoms with Crippen LogP contribution in [0, 0.1) is 0 Å². The summed E-state index contributed by atoms with van der Waals surface area (Å²) in [4.78, 5) is 33.0. The zero-order valence-electron chi connectivity index (χ0n) is 10.2. The molecule has 0 aliphatic heterocycles. The summed E-state index contributed by atoms with van der Waals surface area (Å²) in [6.07, 6.45) is 1.35. The van der Waals surface area contributed by atoms with Crippen LogP contribution in [0.25, 0.3) is 0 Å². The van der Waals surface area contributed by atoms with Crippen LogP contribution in [-0.4, -0.2) is 22.5 Å². The van der Waals surface area contributed by atoms with Gasteiger partial charge in [-0.25, -0.2) is 4.79 Å². The first-order valence-corrected chi connectivity index (χ1v) is 5.43. The molecular weight excluding hydrogens is 238 g/mol. The Morgan fingerprint density at radius 3 is 2.56 bits per heavy atom. The third-order valence-corrected chi connectivity index (χ3v) is 2.38. The maximum Gasteiger partial charge on any atom is 0.335 e. The second-order valence-corrected chi connectivity index (χ2v) is 4.58. The van der Waals surface area contributed by atoms with Crippen LogP contribution in [0.15, 0.2) is 27.6 Å². The van der Waals surface area contributed by atoms with E-state index in [1.165, 1.54) is 6.07 Å². The van der Waals surface area contributed by atoms with Crippen LogP contribution in [0.1, 0.15) is 37.0 Å². The van der Waals surface area contributed by atoms with Gasteiger partial charge in [-0.3, -0.25) is 9.59 Å². The number of aliphatic carboxylic acids is 1. The Morgan fingerprint density at radius 2 is 2.06 bits per heavy atom. The third kappa shape index (κ3) is 4.40. The summed E-state index contributed by atoms with van der Waals surface area (Å²) in [6.45, 7) is 3.46. The van der Waals surface area contributed by atoms with Crippen LogP contribution < -0.4 is 10.9 Å². The molecule has 6 nitrogen and oxygen atoms in total. The van der Waals surface area contributed by atoms with E-state index >= 15 is 0 Å². The lowest BCUT2D eigenvalue weighted by Crippen LogP contribution is -2.43. The van der Waals surface area contributed by atoms with Crippen molar-refractivity contribution in [1.29, 1.82) is 0 Å². The largest absolute Gasteiger partial charge is 0.481 e. The molecular formula is C12H15NO5. The average molecular weight is 253 g/mol. The standard InChI is InChI=1S/C12H15NO5/c1-12(2,6-5-9(14)15)13-11(17)8-3-4-10(16)18-7-8/h3-4,7H,5-6H2,1-2H3,(H,13,17)(H,14,15). The van der Waals surface area contributed by atoms with Crippen molar-refractivity contribution in [2.75, 3.05) is 0 Å². The molecule has 0 saturated carbocycles. The number of rotatable bonds is 5. The van der Waals surface area contributed by atoms with E-state index in [-0.39, 0.29) is 12.0 Å². The quantitative estimate of drug-likeness (QED) is 0.816. The Bertz CT molecular complexity index is 483. The van der Waals surface area contributed by atoms with Crippen molar-refractivity contribution >= 4 is 11.9 Å². The smallest absolute Gasteiger partial charge is 0.335 e. The molecule has 0 aliphatic carbocycles. The van der Waals surface area contributed by atoms with Crippen LogP contribution in [0.2, 0.25) is 0 Å². The second kappa shape index (κ2) is 5.48. The third-order valence-electron chi connectivity index (χ3n) is 2.38. The zero-order chi connectivity index (χ0) is 13.8.